The highest BCUT2D eigenvalue weighted by Crippen LogP contribution is 2.30. The molecular formula is C13H17N3O2. The van der Waals surface area contributed by atoms with E-state index in [2.05, 4.69) is 9.97 Å². The number of carbonyl (C=O) groups excluding carboxylic acids is 1. The summed E-state index contributed by atoms with van der Waals surface area (Å²) < 4.78 is 5.81. The maximum absolute atomic E-state index is 12.1. The van der Waals surface area contributed by atoms with Crippen LogP contribution in [-0.2, 0) is 4.74 Å². The molecule has 1 aromatic heterocycles. The molecule has 5 nitrogen and oxygen atoms in total. The van der Waals surface area contributed by atoms with Gasteiger partial charge in [0.15, 0.2) is 0 Å². The Bertz CT molecular complexity index is 420. The Morgan fingerprint density at radius 1 is 1.39 bits per heavy atom. The molecule has 0 spiro atoms. The fourth-order valence-corrected chi connectivity index (χ4v) is 2.18. The van der Waals surface area contributed by atoms with E-state index in [1.165, 1.54) is 19.0 Å². The summed E-state index contributed by atoms with van der Waals surface area (Å²) in [5, 5.41) is 0. The van der Waals surface area contributed by atoms with E-state index in [-0.39, 0.29) is 12.0 Å². The van der Waals surface area contributed by atoms with E-state index < -0.39 is 0 Å². The summed E-state index contributed by atoms with van der Waals surface area (Å²) in [4.78, 5) is 21.9. The molecule has 1 saturated carbocycles. The van der Waals surface area contributed by atoms with E-state index in [1.807, 2.05) is 4.90 Å². The molecule has 0 N–H and O–H groups in total. The number of amides is 1. The second-order valence-corrected chi connectivity index (χ2v) is 5.03. The Morgan fingerprint density at radius 2 is 2.28 bits per heavy atom. The Kier molecular flexibility index (Phi) is 3.23. The van der Waals surface area contributed by atoms with Crippen molar-refractivity contribution in [2.24, 2.45) is 5.92 Å². The van der Waals surface area contributed by atoms with Crippen LogP contribution in [0.5, 0.6) is 0 Å². The fraction of sp³-hybridized carbons (Fsp3) is 0.615. The largest absolute Gasteiger partial charge is 0.376 e. The van der Waals surface area contributed by atoms with Crippen molar-refractivity contribution in [3.05, 3.63) is 24.3 Å². The molecule has 96 valence electrons. The highest BCUT2D eigenvalue weighted by molar-refractivity contribution is 5.92. The van der Waals surface area contributed by atoms with E-state index >= 15 is 0 Å². The lowest BCUT2D eigenvalue weighted by atomic mass is 10.3. The number of nitrogens with zero attached hydrogens (tertiary/aromatic N) is 3. The monoisotopic (exact) mass is 247 g/mol. The van der Waals surface area contributed by atoms with Gasteiger partial charge in [0.2, 0.25) is 0 Å². The first-order valence-electron chi connectivity index (χ1n) is 6.50. The smallest absolute Gasteiger partial charge is 0.274 e. The lowest BCUT2D eigenvalue weighted by Gasteiger charge is -2.16. The van der Waals surface area contributed by atoms with Crippen molar-refractivity contribution < 1.29 is 9.53 Å². The lowest BCUT2D eigenvalue weighted by molar-refractivity contribution is 0.0479. The third-order valence-electron chi connectivity index (χ3n) is 3.48. The molecule has 1 aliphatic carbocycles. The molecule has 1 atom stereocenters. The molecule has 3 rings (SSSR count). The molecule has 0 radical (unpaired) electrons. The topological polar surface area (TPSA) is 55.3 Å². The standard InChI is InChI=1S/C13H17N3O2/c17-13(12-7-14-4-5-15-12)16-6-3-11(8-16)18-9-10-1-2-10/h4-5,7,10-11H,1-3,6,8-9H2. The number of likely N-dealkylation sites (tertiary alicyclic amines) is 1. The van der Waals surface area contributed by atoms with Gasteiger partial charge in [-0.3, -0.25) is 9.78 Å². The lowest BCUT2D eigenvalue weighted by Crippen LogP contribution is -2.31. The first-order chi connectivity index (χ1) is 8.83. The zero-order valence-corrected chi connectivity index (χ0v) is 10.3. The highest BCUT2D eigenvalue weighted by Gasteiger charge is 2.30. The molecule has 2 heterocycles. The van der Waals surface area contributed by atoms with E-state index in [9.17, 15) is 4.79 Å². The molecular weight excluding hydrogens is 230 g/mol. The van der Waals surface area contributed by atoms with Crippen molar-refractivity contribution in [1.29, 1.82) is 0 Å². The van der Waals surface area contributed by atoms with Crippen molar-refractivity contribution in [3.8, 4) is 0 Å². The summed E-state index contributed by atoms with van der Waals surface area (Å²) in [6.45, 7) is 2.30. The van der Waals surface area contributed by atoms with Crippen molar-refractivity contribution in [2.45, 2.75) is 25.4 Å². The second-order valence-electron chi connectivity index (χ2n) is 5.03. The van der Waals surface area contributed by atoms with Gasteiger partial charge in [0.25, 0.3) is 5.91 Å². The van der Waals surface area contributed by atoms with Crippen LogP contribution in [0.3, 0.4) is 0 Å². The maximum atomic E-state index is 12.1. The van der Waals surface area contributed by atoms with Gasteiger partial charge in [-0.2, -0.15) is 0 Å². The zero-order valence-electron chi connectivity index (χ0n) is 10.3. The molecule has 0 bridgehead atoms. The number of rotatable bonds is 4. The third kappa shape index (κ3) is 2.67. The van der Waals surface area contributed by atoms with Gasteiger partial charge in [-0.15, -0.1) is 0 Å². The van der Waals surface area contributed by atoms with Crippen molar-refractivity contribution in [2.75, 3.05) is 19.7 Å². The van der Waals surface area contributed by atoms with Crippen molar-refractivity contribution in [1.82, 2.24) is 14.9 Å². The predicted molar refractivity (Wildman–Crippen MR) is 65.0 cm³/mol. The molecule has 1 aliphatic heterocycles. The van der Waals surface area contributed by atoms with Gasteiger partial charge >= 0.3 is 0 Å². The van der Waals surface area contributed by atoms with Gasteiger partial charge in [0.05, 0.1) is 12.3 Å². The fourth-order valence-electron chi connectivity index (χ4n) is 2.18. The van der Waals surface area contributed by atoms with Crippen LogP contribution in [0.1, 0.15) is 29.8 Å². The average molecular weight is 247 g/mol. The molecule has 2 fully saturated rings. The summed E-state index contributed by atoms with van der Waals surface area (Å²) in [5.74, 6) is 0.732. The van der Waals surface area contributed by atoms with Crippen LogP contribution in [0.2, 0.25) is 0 Å². The van der Waals surface area contributed by atoms with Gasteiger partial charge in [0, 0.05) is 32.1 Å². The number of hydrogen-bond acceptors (Lipinski definition) is 4. The minimum absolute atomic E-state index is 0.0411. The zero-order chi connectivity index (χ0) is 12.4. The molecule has 18 heavy (non-hydrogen) atoms. The van der Waals surface area contributed by atoms with E-state index in [1.54, 1.807) is 12.4 Å². The summed E-state index contributed by atoms with van der Waals surface area (Å²) in [7, 11) is 0. The molecule has 1 saturated heterocycles. The summed E-state index contributed by atoms with van der Waals surface area (Å²) >= 11 is 0. The maximum Gasteiger partial charge on any atom is 0.274 e. The molecule has 5 heteroatoms. The van der Waals surface area contributed by atoms with Crippen LogP contribution < -0.4 is 0 Å². The molecule has 1 unspecified atom stereocenters. The summed E-state index contributed by atoms with van der Waals surface area (Å²) in [6.07, 6.45) is 8.36. The Balaban J connectivity index is 1.53. The van der Waals surface area contributed by atoms with Gasteiger partial charge in [0.1, 0.15) is 5.69 Å². The Labute approximate surface area is 106 Å². The predicted octanol–water partition coefficient (Wildman–Crippen LogP) is 1.12. The van der Waals surface area contributed by atoms with Crippen LogP contribution >= 0.6 is 0 Å². The van der Waals surface area contributed by atoms with Gasteiger partial charge in [-0.05, 0) is 25.2 Å². The first kappa shape index (κ1) is 11.6. The SMILES string of the molecule is O=C(c1cnccn1)N1CCC(OCC2CC2)C1. The minimum atomic E-state index is -0.0411. The van der Waals surface area contributed by atoms with Crippen LogP contribution in [0.25, 0.3) is 0 Å². The third-order valence-corrected chi connectivity index (χ3v) is 3.48. The van der Waals surface area contributed by atoms with Gasteiger partial charge in [-0.1, -0.05) is 0 Å². The normalized spacial score (nSPS) is 23.3. The second kappa shape index (κ2) is 5.02. The molecule has 2 aliphatic rings. The number of carbonyl (C=O) groups is 1. The number of ether oxygens (including phenoxy) is 1. The van der Waals surface area contributed by atoms with E-state index in [4.69, 9.17) is 4.74 Å². The van der Waals surface area contributed by atoms with Crippen LogP contribution in [0, 0.1) is 5.92 Å². The highest BCUT2D eigenvalue weighted by atomic mass is 16.5. The first-order valence-corrected chi connectivity index (χ1v) is 6.50. The number of hydrogen-bond donors (Lipinski definition) is 0. The van der Waals surface area contributed by atoms with Crippen LogP contribution in [0.15, 0.2) is 18.6 Å². The van der Waals surface area contributed by atoms with Crippen LogP contribution in [-0.4, -0.2) is 46.6 Å². The molecule has 1 aromatic rings. The quantitative estimate of drug-likeness (QED) is 0.800. The molecule has 1 amide bonds. The van der Waals surface area contributed by atoms with Crippen molar-refractivity contribution in [3.63, 3.8) is 0 Å². The Hall–Kier alpha value is -1.49. The minimum Gasteiger partial charge on any atom is -0.376 e. The molecule has 0 aromatic carbocycles. The van der Waals surface area contributed by atoms with Crippen molar-refractivity contribution >= 4 is 5.91 Å². The summed E-state index contributed by atoms with van der Waals surface area (Å²) in [5.41, 5.74) is 0.417. The number of aromatic nitrogens is 2. The van der Waals surface area contributed by atoms with Gasteiger partial charge < -0.3 is 9.64 Å². The average Bonchev–Trinajstić information content (AvgIpc) is 3.14. The van der Waals surface area contributed by atoms with E-state index in [0.29, 0.717) is 12.2 Å². The van der Waals surface area contributed by atoms with Gasteiger partial charge in [-0.25, -0.2) is 4.98 Å². The summed E-state index contributed by atoms with van der Waals surface area (Å²) in [6, 6.07) is 0. The van der Waals surface area contributed by atoms with Crippen LogP contribution in [0.4, 0.5) is 0 Å². The Morgan fingerprint density at radius 3 is 3.00 bits per heavy atom. The van der Waals surface area contributed by atoms with E-state index in [0.717, 1.165) is 25.5 Å².